The molecule has 3 aromatic heterocycles. The molecular weight excluding hydrogens is 517 g/mol. The number of hydrogen-bond acceptors (Lipinski definition) is 2. The number of aromatic amines is 1. The van der Waals surface area contributed by atoms with Crippen LogP contribution in [-0.4, -0.2) is 24.3 Å². The summed E-state index contributed by atoms with van der Waals surface area (Å²) < 4.78 is 5.82. The average molecular weight is 541 g/mol. The van der Waals surface area contributed by atoms with Crippen molar-refractivity contribution < 1.29 is 19.4 Å². The number of para-hydroxylation sites is 1. The van der Waals surface area contributed by atoms with E-state index in [4.69, 9.17) is 0 Å². The molecule has 0 aliphatic heterocycles. The number of aromatic nitrogens is 5. The predicted octanol–water partition coefficient (Wildman–Crippen LogP) is 4.35. The maximum atomic E-state index is 4.65. The van der Waals surface area contributed by atoms with Crippen LogP contribution in [0, 0.1) is 10.7 Å². The van der Waals surface area contributed by atoms with E-state index in [9.17, 15) is 0 Å². The van der Waals surface area contributed by atoms with E-state index >= 15 is 0 Å². The number of unbranched alkanes of at least 4 members (excludes halogenated alkanes) is 2. The van der Waals surface area contributed by atoms with Gasteiger partial charge in [0.05, 0.1) is 0 Å². The fourth-order valence-corrected chi connectivity index (χ4v) is 4.49. The summed E-state index contributed by atoms with van der Waals surface area (Å²) in [7, 11) is 0. The number of nitrogens with zero attached hydrogens (tertiary/aromatic N) is 4. The van der Waals surface area contributed by atoms with E-state index < -0.39 is 0 Å². The Bertz CT molecular complexity index is 1090. The molecule has 1 N–H and O–H groups in total. The number of H-pyrrole nitrogens is 1. The number of nitrogens with one attached hydrogen (secondary N) is 1. The van der Waals surface area contributed by atoms with Crippen molar-refractivity contribution in [1.29, 1.82) is 0 Å². The molecule has 3 heterocycles. The summed E-state index contributed by atoms with van der Waals surface area (Å²) in [4.78, 5) is 4.65. The molecule has 1 aromatic carbocycles. The van der Waals surface area contributed by atoms with Crippen LogP contribution < -0.4 is 0 Å². The van der Waals surface area contributed by atoms with Crippen LogP contribution in [0.25, 0.3) is 16.9 Å². The monoisotopic (exact) mass is 540 g/mol. The zero-order valence-corrected chi connectivity index (χ0v) is 17.6. The first-order valence-corrected chi connectivity index (χ1v) is 10.5. The van der Waals surface area contributed by atoms with Gasteiger partial charge in [-0.25, -0.2) is 0 Å². The minimum atomic E-state index is 1.00. The van der Waals surface area contributed by atoms with Crippen molar-refractivity contribution in [3.05, 3.63) is 69.9 Å². The summed E-state index contributed by atoms with van der Waals surface area (Å²) in [6.45, 7) is 3.05. The Morgan fingerprint density at radius 2 is 1.89 bits per heavy atom. The second kappa shape index (κ2) is 8.18. The maximum absolute atomic E-state index is 4.65. The zero-order valence-electron chi connectivity index (χ0n) is 15.3. The quantitative estimate of drug-likeness (QED) is 0.355. The number of hydrogen-bond donors (Lipinski definition) is 1. The number of rotatable bonds is 7. The van der Waals surface area contributed by atoms with Crippen molar-refractivity contribution in [2.24, 2.45) is 0 Å². The molecule has 0 spiro atoms. The third-order valence-electron chi connectivity index (χ3n) is 4.73. The molecule has 0 saturated heterocycles. The Balaban J connectivity index is 1.50. The molecule has 0 fully saturated rings. The summed E-state index contributed by atoms with van der Waals surface area (Å²) in [5, 5.41) is 7.34. The normalized spacial score (nSPS) is 11.4. The summed E-state index contributed by atoms with van der Waals surface area (Å²) in [5.74, 6) is 0. The van der Waals surface area contributed by atoms with Gasteiger partial charge in [-0.2, -0.15) is 0 Å². The second-order valence-electron chi connectivity index (χ2n) is 6.76. The topological polar surface area (TPSA) is 51.4 Å². The third kappa shape index (κ3) is 3.88. The van der Waals surface area contributed by atoms with E-state index in [0.717, 1.165) is 42.8 Å². The Labute approximate surface area is 169 Å². The van der Waals surface area contributed by atoms with Crippen molar-refractivity contribution in [1.82, 2.24) is 24.3 Å². The molecule has 27 heavy (non-hydrogen) atoms. The second-order valence-corrected chi connectivity index (χ2v) is 7.78. The van der Waals surface area contributed by atoms with Crippen molar-refractivity contribution in [3.63, 3.8) is 0 Å². The number of benzene rings is 1. The fraction of sp³-hybridized carbons (Fsp3) is 0.286. The van der Waals surface area contributed by atoms with E-state index in [1.54, 1.807) is 0 Å². The molecule has 5 nitrogen and oxygen atoms in total. The first kappa shape index (κ1) is 18.1. The molecular formula is C21H23N5Pt. The van der Waals surface area contributed by atoms with Gasteiger partial charge in [-0.05, 0) is 0 Å². The summed E-state index contributed by atoms with van der Waals surface area (Å²) in [6, 6.07) is 16.8. The van der Waals surface area contributed by atoms with Gasteiger partial charge in [-0.3, -0.25) is 0 Å². The van der Waals surface area contributed by atoms with Crippen LogP contribution in [0.3, 0.4) is 0 Å². The Morgan fingerprint density at radius 1 is 1.04 bits per heavy atom. The SMILES string of the molecule is Cc1cc(CCCCCn2[c](=[Pt])n(-c3ccccc3)c3ncccc32)n[nH]1. The van der Waals surface area contributed by atoms with Crippen LogP contribution in [0.1, 0.15) is 30.7 Å². The number of fused-ring (bicyclic) bond motifs is 1. The summed E-state index contributed by atoms with van der Waals surface area (Å²) >= 11 is 2.42. The fourth-order valence-electron chi connectivity index (χ4n) is 3.42. The third-order valence-corrected chi connectivity index (χ3v) is 5.85. The molecule has 4 rings (SSSR count). The molecule has 0 radical (unpaired) electrons. The molecule has 0 unspecified atom stereocenters. The number of aryl methyl sites for hydroxylation is 3. The molecule has 0 aliphatic carbocycles. The van der Waals surface area contributed by atoms with Crippen molar-refractivity contribution in [3.8, 4) is 5.69 Å². The van der Waals surface area contributed by atoms with Crippen LogP contribution in [0.15, 0.2) is 54.7 Å². The standard InChI is InChI=1S/C21H23N5.Pt/c1-17-15-18(24-23-17)9-4-3-7-14-25-16-26(19-10-5-2-6-11-19)21-20(25)12-8-13-22-21;/h2,5-6,8,10-13,15H,3-4,7,9,14H2,1H3,(H,23,24);. The molecule has 0 amide bonds. The number of pyridine rings is 1. The summed E-state index contributed by atoms with van der Waals surface area (Å²) in [6.07, 6.45) is 6.41. The first-order chi connectivity index (χ1) is 13.2. The van der Waals surface area contributed by atoms with Gasteiger partial charge >= 0.3 is 170 Å². The Morgan fingerprint density at radius 3 is 2.67 bits per heavy atom. The number of imidazole rings is 1. The summed E-state index contributed by atoms with van der Waals surface area (Å²) in [5.41, 5.74) is 5.66. The van der Waals surface area contributed by atoms with Crippen LogP contribution in [0.4, 0.5) is 0 Å². The molecule has 0 bridgehead atoms. The van der Waals surface area contributed by atoms with E-state index in [-0.39, 0.29) is 0 Å². The molecule has 0 aliphatic rings. The Hall–Kier alpha value is -2.26. The van der Waals surface area contributed by atoms with Gasteiger partial charge in [0, 0.05) is 0 Å². The molecule has 0 atom stereocenters. The van der Waals surface area contributed by atoms with Crippen molar-refractivity contribution in [2.45, 2.75) is 39.2 Å². The van der Waals surface area contributed by atoms with Gasteiger partial charge in [0.15, 0.2) is 0 Å². The van der Waals surface area contributed by atoms with Crippen molar-refractivity contribution in [2.75, 3.05) is 0 Å². The molecule has 4 aromatic rings. The van der Waals surface area contributed by atoms with Crippen LogP contribution >= 0.6 is 0 Å². The van der Waals surface area contributed by atoms with Gasteiger partial charge in [-0.1, -0.05) is 0 Å². The van der Waals surface area contributed by atoms with Gasteiger partial charge < -0.3 is 0 Å². The zero-order chi connectivity index (χ0) is 18.6. The minimum absolute atomic E-state index is 1.00. The van der Waals surface area contributed by atoms with Crippen molar-refractivity contribution >= 4 is 11.2 Å². The van der Waals surface area contributed by atoms with E-state index in [1.807, 2.05) is 25.3 Å². The predicted molar refractivity (Wildman–Crippen MR) is 103 cm³/mol. The molecule has 142 valence electrons. The molecule has 6 heteroatoms. The Kier molecular flexibility index (Phi) is 5.49. The van der Waals surface area contributed by atoms with Gasteiger partial charge in [0.25, 0.3) is 0 Å². The average Bonchev–Trinajstić information content (AvgIpc) is 3.23. The van der Waals surface area contributed by atoms with Gasteiger partial charge in [-0.15, -0.1) is 0 Å². The van der Waals surface area contributed by atoms with E-state index in [0.29, 0.717) is 0 Å². The van der Waals surface area contributed by atoms with Crippen LogP contribution in [0.2, 0.25) is 0 Å². The van der Waals surface area contributed by atoms with Gasteiger partial charge in [0.1, 0.15) is 0 Å². The first-order valence-electron chi connectivity index (χ1n) is 9.32. The van der Waals surface area contributed by atoms with Gasteiger partial charge in [0.2, 0.25) is 0 Å². The van der Waals surface area contributed by atoms with E-state index in [2.05, 4.69) is 80.1 Å². The van der Waals surface area contributed by atoms with Crippen LogP contribution in [0.5, 0.6) is 0 Å². The van der Waals surface area contributed by atoms with Crippen LogP contribution in [-0.2, 0) is 32.3 Å². The van der Waals surface area contributed by atoms with E-state index in [1.165, 1.54) is 21.4 Å². The molecule has 0 saturated carbocycles.